The molecule has 2 nitrogen and oxygen atoms in total. The van der Waals surface area contributed by atoms with Gasteiger partial charge in [-0.1, -0.05) is 24.3 Å². The lowest BCUT2D eigenvalue weighted by atomic mass is 10.1. The third-order valence-electron chi connectivity index (χ3n) is 2.04. The SMILES string of the molecule is C/C=C/COc1cccc(CC(C)N)c1. The van der Waals surface area contributed by atoms with Gasteiger partial charge in [0.15, 0.2) is 0 Å². The third kappa shape index (κ3) is 4.66. The van der Waals surface area contributed by atoms with E-state index in [9.17, 15) is 0 Å². The molecule has 15 heavy (non-hydrogen) atoms. The summed E-state index contributed by atoms with van der Waals surface area (Å²) in [6.45, 7) is 4.61. The monoisotopic (exact) mass is 205 g/mol. The first-order valence-corrected chi connectivity index (χ1v) is 5.31. The number of rotatable bonds is 5. The Morgan fingerprint density at radius 2 is 2.27 bits per heavy atom. The molecule has 0 aromatic heterocycles. The summed E-state index contributed by atoms with van der Waals surface area (Å²) in [7, 11) is 0. The second kappa shape index (κ2) is 6.25. The Morgan fingerprint density at radius 1 is 1.47 bits per heavy atom. The minimum atomic E-state index is 0.191. The van der Waals surface area contributed by atoms with Crippen LogP contribution in [0.5, 0.6) is 5.75 Å². The van der Waals surface area contributed by atoms with Crippen LogP contribution in [-0.2, 0) is 6.42 Å². The first kappa shape index (κ1) is 11.8. The lowest BCUT2D eigenvalue weighted by Crippen LogP contribution is -2.17. The van der Waals surface area contributed by atoms with E-state index in [1.165, 1.54) is 5.56 Å². The van der Waals surface area contributed by atoms with Gasteiger partial charge in [0.05, 0.1) is 0 Å². The van der Waals surface area contributed by atoms with Gasteiger partial charge in [-0.05, 0) is 38.0 Å². The van der Waals surface area contributed by atoms with Crippen molar-refractivity contribution < 1.29 is 4.74 Å². The van der Waals surface area contributed by atoms with E-state index < -0.39 is 0 Å². The first-order valence-electron chi connectivity index (χ1n) is 5.31. The zero-order chi connectivity index (χ0) is 11.1. The van der Waals surface area contributed by atoms with Crippen molar-refractivity contribution in [2.45, 2.75) is 26.3 Å². The lowest BCUT2D eigenvalue weighted by molar-refractivity contribution is 0.362. The van der Waals surface area contributed by atoms with Crippen LogP contribution in [-0.4, -0.2) is 12.6 Å². The quantitative estimate of drug-likeness (QED) is 0.750. The van der Waals surface area contributed by atoms with Crippen LogP contribution < -0.4 is 10.5 Å². The molecule has 0 aliphatic heterocycles. The number of benzene rings is 1. The van der Waals surface area contributed by atoms with Gasteiger partial charge in [0.2, 0.25) is 0 Å². The fraction of sp³-hybridized carbons (Fsp3) is 0.385. The van der Waals surface area contributed by atoms with Crippen LogP contribution >= 0.6 is 0 Å². The van der Waals surface area contributed by atoms with Gasteiger partial charge in [-0.3, -0.25) is 0 Å². The van der Waals surface area contributed by atoms with E-state index in [0.717, 1.165) is 12.2 Å². The van der Waals surface area contributed by atoms with Crippen molar-refractivity contribution in [2.75, 3.05) is 6.61 Å². The molecule has 2 heteroatoms. The van der Waals surface area contributed by atoms with E-state index in [4.69, 9.17) is 10.5 Å². The van der Waals surface area contributed by atoms with Gasteiger partial charge in [-0.15, -0.1) is 0 Å². The molecule has 1 rings (SSSR count). The van der Waals surface area contributed by atoms with Crippen molar-refractivity contribution in [3.8, 4) is 5.75 Å². The van der Waals surface area contributed by atoms with E-state index in [2.05, 4.69) is 6.07 Å². The Balaban J connectivity index is 2.57. The van der Waals surface area contributed by atoms with Gasteiger partial charge < -0.3 is 10.5 Å². The first-order chi connectivity index (χ1) is 7.22. The van der Waals surface area contributed by atoms with Crippen LogP contribution in [0.2, 0.25) is 0 Å². The van der Waals surface area contributed by atoms with Crippen molar-refractivity contribution in [1.29, 1.82) is 0 Å². The summed E-state index contributed by atoms with van der Waals surface area (Å²) in [5.41, 5.74) is 6.97. The highest BCUT2D eigenvalue weighted by molar-refractivity contribution is 5.29. The molecule has 1 unspecified atom stereocenters. The molecule has 0 amide bonds. The summed E-state index contributed by atoms with van der Waals surface area (Å²) in [4.78, 5) is 0. The highest BCUT2D eigenvalue weighted by Gasteiger charge is 1.99. The molecule has 2 N–H and O–H groups in total. The molecule has 0 aliphatic rings. The molecule has 0 bridgehead atoms. The predicted octanol–water partition coefficient (Wildman–Crippen LogP) is 2.53. The maximum absolute atomic E-state index is 5.74. The number of allylic oxidation sites excluding steroid dienone is 1. The molecule has 0 saturated heterocycles. The van der Waals surface area contributed by atoms with Crippen LogP contribution in [0.15, 0.2) is 36.4 Å². The number of nitrogens with two attached hydrogens (primary N) is 1. The molecular formula is C13H19NO. The predicted molar refractivity (Wildman–Crippen MR) is 64.1 cm³/mol. The molecule has 1 aromatic rings. The van der Waals surface area contributed by atoms with Crippen molar-refractivity contribution in [3.05, 3.63) is 42.0 Å². The average molecular weight is 205 g/mol. The summed E-state index contributed by atoms with van der Waals surface area (Å²) in [6.07, 6.45) is 4.85. The summed E-state index contributed by atoms with van der Waals surface area (Å²) in [5.74, 6) is 0.909. The molecule has 82 valence electrons. The molecular weight excluding hydrogens is 186 g/mol. The lowest BCUT2D eigenvalue weighted by Gasteiger charge is -2.08. The second-order valence-corrected chi connectivity index (χ2v) is 3.71. The Hall–Kier alpha value is -1.28. The summed E-state index contributed by atoms with van der Waals surface area (Å²) in [5, 5.41) is 0. The summed E-state index contributed by atoms with van der Waals surface area (Å²) < 4.78 is 5.54. The molecule has 0 radical (unpaired) electrons. The minimum Gasteiger partial charge on any atom is -0.490 e. The number of hydrogen-bond donors (Lipinski definition) is 1. The zero-order valence-corrected chi connectivity index (χ0v) is 9.44. The Labute approximate surface area is 91.7 Å². The summed E-state index contributed by atoms with van der Waals surface area (Å²) >= 11 is 0. The van der Waals surface area contributed by atoms with E-state index in [1.807, 2.05) is 44.2 Å². The van der Waals surface area contributed by atoms with Gasteiger partial charge in [-0.25, -0.2) is 0 Å². The molecule has 0 aliphatic carbocycles. The fourth-order valence-electron chi connectivity index (χ4n) is 1.37. The Morgan fingerprint density at radius 3 is 2.93 bits per heavy atom. The van der Waals surface area contributed by atoms with Gasteiger partial charge >= 0.3 is 0 Å². The van der Waals surface area contributed by atoms with Crippen LogP contribution in [0.4, 0.5) is 0 Å². The van der Waals surface area contributed by atoms with Gasteiger partial charge in [0.25, 0.3) is 0 Å². The van der Waals surface area contributed by atoms with Gasteiger partial charge in [0, 0.05) is 6.04 Å². The molecule has 1 aromatic carbocycles. The normalized spacial score (nSPS) is 13.0. The standard InChI is InChI=1S/C13H19NO/c1-3-4-8-15-13-7-5-6-12(10-13)9-11(2)14/h3-7,10-11H,8-9,14H2,1-2H3/b4-3+. The maximum Gasteiger partial charge on any atom is 0.120 e. The average Bonchev–Trinajstić information content (AvgIpc) is 2.18. The van der Waals surface area contributed by atoms with Crippen LogP contribution in [0.1, 0.15) is 19.4 Å². The van der Waals surface area contributed by atoms with Crippen molar-refractivity contribution in [1.82, 2.24) is 0 Å². The van der Waals surface area contributed by atoms with E-state index in [1.54, 1.807) is 0 Å². The van der Waals surface area contributed by atoms with Crippen molar-refractivity contribution >= 4 is 0 Å². The van der Waals surface area contributed by atoms with Gasteiger partial charge in [0.1, 0.15) is 12.4 Å². The highest BCUT2D eigenvalue weighted by Crippen LogP contribution is 2.14. The maximum atomic E-state index is 5.74. The van der Waals surface area contributed by atoms with E-state index >= 15 is 0 Å². The van der Waals surface area contributed by atoms with Crippen molar-refractivity contribution in [3.63, 3.8) is 0 Å². The Bertz CT molecular complexity index is 318. The van der Waals surface area contributed by atoms with Crippen LogP contribution in [0.3, 0.4) is 0 Å². The van der Waals surface area contributed by atoms with Crippen LogP contribution in [0, 0.1) is 0 Å². The van der Waals surface area contributed by atoms with E-state index in [-0.39, 0.29) is 6.04 Å². The second-order valence-electron chi connectivity index (χ2n) is 3.71. The summed E-state index contributed by atoms with van der Waals surface area (Å²) in [6, 6.07) is 8.28. The fourth-order valence-corrected chi connectivity index (χ4v) is 1.37. The topological polar surface area (TPSA) is 35.2 Å². The molecule has 0 heterocycles. The van der Waals surface area contributed by atoms with Gasteiger partial charge in [-0.2, -0.15) is 0 Å². The van der Waals surface area contributed by atoms with Crippen LogP contribution in [0.25, 0.3) is 0 Å². The van der Waals surface area contributed by atoms with Crippen molar-refractivity contribution in [2.24, 2.45) is 5.73 Å². The molecule has 0 saturated carbocycles. The highest BCUT2D eigenvalue weighted by atomic mass is 16.5. The smallest absolute Gasteiger partial charge is 0.120 e. The number of ether oxygens (including phenoxy) is 1. The zero-order valence-electron chi connectivity index (χ0n) is 9.44. The largest absolute Gasteiger partial charge is 0.490 e. The molecule has 0 spiro atoms. The third-order valence-corrected chi connectivity index (χ3v) is 2.04. The van der Waals surface area contributed by atoms with E-state index in [0.29, 0.717) is 6.61 Å². The Kier molecular flexibility index (Phi) is 4.91. The molecule has 1 atom stereocenters. The molecule has 0 fully saturated rings. The minimum absolute atomic E-state index is 0.191. The number of hydrogen-bond acceptors (Lipinski definition) is 2.